The minimum absolute atomic E-state index is 0.0232. The Kier molecular flexibility index (Phi) is 4.34. The van der Waals surface area contributed by atoms with Gasteiger partial charge in [0, 0.05) is 12.5 Å². The van der Waals surface area contributed by atoms with Crippen molar-refractivity contribution in [2.24, 2.45) is 5.73 Å². The van der Waals surface area contributed by atoms with Gasteiger partial charge in [0.25, 0.3) is 0 Å². The largest absolute Gasteiger partial charge is 0.479 e. The van der Waals surface area contributed by atoms with Crippen molar-refractivity contribution < 1.29 is 19.4 Å². The van der Waals surface area contributed by atoms with Crippen LogP contribution >= 0.6 is 0 Å². The minimum Gasteiger partial charge on any atom is -0.479 e. The van der Waals surface area contributed by atoms with Gasteiger partial charge in [0.1, 0.15) is 5.82 Å². The molecule has 1 unspecified atom stereocenters. The highest BCUT2D eigenvalue weighted by atomic mass is 16.5. The first-order chi connectivity index (χ1) is 10.0. The number of aliphatic carboxylic acids is 1. The SMILES string of the molecule is COC(CNc1cc(C(N)=O)c2ccccc2n1)C(=O)O. The summed E-state index contributed by atoms with van der Waals surface area (Å²) in [5.41, 5.74) is 6.29. The van der Waals surface area contributed by atoms with Gasteiger partial charge in [0.05, 0.1) is 17.6 Å². The maximum Gasteiger partial charge on any atom is 0.334 e. The molecule has 0 saturated carbocycles. The van der Waals surface area contributed by atoms with E-state index in [1.54, 1.807) is 24.3 Å². The molecule has 1 aromatic carbocycles. The number of rotatable bonds is 6. The number of fused-ring (bicyclic) bond motifs is 1. The third-order valence-corrected chi connectivity index (χ3v) is 3.01. The number of nitrogens with zero attached hydrogens (tertiary/aromatic N) is 1. The summed E-state index contributed by atoms with van der Waals surface area (Å²) in [5, 5.41) is 12.4. The van der Waals surface area contributed by atoms with E-state index in [1.165, 1.54) is 13.2 Å². The van der Waals surface area contributed by atoms with Crippen LogP contribution in [0.25, 0.3) is 10.9 Å². The Bertz CT molecular complexity index is 687. The van der Waals surface area contributed by atoms with Crippen LogP contribution in [0.4, 0.5) is 5.82 Å². The number of methoxy groups -OCH3 is 1. The van der Waals surface area contributed by atoms with E-state index in [4.69, 9.17) is 15.6 Å². The van der Waals surface area contributed by atoms with Crippen LogP contribution in [0.15, 0.2) is 30.3 Å². The lowest BCUT2D eigenvalue weighted by atomic mass is 10.1. The average molecular weight is 289 g/mol. The number of para-hydroxylation sites is 1. The molecule has 1 atom stereocenters. The molecule has 0 spiro atoms. The second-order valence-corrected chi connectivity index (χ2v) is 4.38. The number of anilines is 1. The molecule has 0 radical (unpaired) electrons. The second kappa shape index (κ2) is 6.19. The molecule has 0 aliphatic rings. The van der Waals surface area contributed by atoms with E-state index < -0.39 is 18.0 Å². The van der Waals surface area contributed by atoms with E-state index in [0.717, 1.165) is 0 Å². The fraction of sp³-hybridized carbons (Fsp3) is 0.214. The number of carboxylic acid groups (broad SMARTS) is 1. The second-order valence-electron chi connectivity index (χ2n) is 4.38. The van der Waals surface area contributed by atoms with Gasteiger partial charge in [-0.3, -0.25) is 4.79 Å². The van der Waals surface area contributed by atoms with E-state index in [1.807, 2.05) is 0 Å². The van der Waals surface area contributed by atoms with Crippen molar-refractivity contribution in [1.29, 1.82) is 0 Å². The van der Waals surface area contributed by atoms with Gasteiger partial charge in [0.2, 0.25) is 5.91 Å². The highest BCUT2D eigenvalue weighted by molar-refractivity contribution is 6.06. The summed E-state index contributed by atoms with van der Waals surface area (Å²) in [5.74, 6) is -1.29. The molecule has 0 aliphatic heterocycles. The van der Waals surface area contributed by atoms with Crippen LogP contribution in [0.5, 0.6) is 0 Å². The molecular formula is C14H15N3O4. The topological polar surface area (TPSA) is 115 Å². The number of hydrogen-bond acceptors (Lipinski definition) is 5. The van der Waals surface area contributed by atoms with Crippen molar-refractivity contribution in [3.63, 3.8) is 0 Å². The Hall–Kier alpha value is -2.67. The Morgan fingerprint density at radius 1 is 1.43 bits per heavy atom. The molecule has 1 aromatic heterocycles. The first-order valence-electron chi connectivity index (χ1n) is 6.22. The molecule has 2 rings (SSSR count). The standard InChI is InChI=1S/C14H15N3O4/c1-21-11(14(19)20)7-16-12-6-9(13(15)18)8-4-2-3-5-10(8)17-12/h2-6,11H,7H2,1H3,(H2,15,18)(H,16,17)(H,19,20). The Morgan fingerprint density at radius 2 is 2.14 bits per heavy atom. The summed E-state index contributed by atoms with van der Waals surface area (Å²) < 4.78 is 4.82. The number of carboxylic acids is 1. The molecule has 0 fully saturated rings. The maximum atomic E-state index is 11.5. The highest BCUT2D eigenvalue weighted by Gasteiger charge is 2.17. The van der Waals surface area contributed by atoms with Crippen molar-refractivity contribution in [3.8, 4) is 0 Å². The predicted octanol–water partition coefficient (Wildman–Crippen LogP) is 0.845. The van der Waals surface area contributed by atoms with Crippen LogP contribution in [0.1, 0.15) is 10.4 Å². The predicted molar refractivity (Wildman–Crippen MR) is 77.2 cm³/mol. The number of hydrogen-bond donors (Lipinski definition) is 3. The van der Waals surface area contributed by atoms with E-state index in [9.17, 15) is 9.59 Å². The highest BCUT2D eigenvalue weighted by Crippen LogP contribution is 2.20. The zero-order chi connectivity index (χ0) is 15.4. The van der Waals surface area contributed by atoms with E-state index in [-0.39, 0.29) is 6.54 Å². The van der Waals surface area contributed by atoms with Crippen LogP contribution in [-0.2, 0) is 9.53 Å². The van der Waals surface area contributed by atoms with E-state index >= 15 is 0 Å². The summed E-state index contributed by atoms with van der Waals surface area (Å²) in [6.07, 6.45) is -1.00. The van der Waals surface area contributed by atoms with Gasteiger partial charge in [-0.2, -0.15) is 0 Å². The van der Waals surface area contributed by atoms with Crippen molar-refractivity contribution in [2.45, 2.75) is 6.10 Å². The summed E-state index contributed by atoms with van der Waals surface area (Å²) >= 11 is 0. The van der Waals surface area contributed by atoms with Gasteiger partial charge in [-0.15, -0.1) is 0 Å². The number of nitrogens with two attached hydrogens (primary N) is 1. The molecule has 7 heteroatoms. The Balaban J connectivity index is 2.32. The number of primary amides is 1. The molecule has 21 heavy (non-hydrogen) atoms. The fourth-order valence-corrected chi connectivity index (χ4v) is 1.94. The molecular weight excluding hydrogens is 274 g/mol. The third-order valence-electron chi connectivity index (χ3n) is 3.01. The number of carbonyl (C=O) groups excluding carboxylic acids is 1. The summed E-state index contributed by atoms with van der Waals surface area (Å²) in [6, 6.07) is 8.58. The van der Waals surface area contributed by atoms with Crippen LogP contribution in [0.3, 0.4) is 0 Å². The summed E-state index contributed by atoms with van der Waals surface area (Å²) in [7, 11) is 1.31. The van der Waals surface area contributed by atoms with Crippen LogP contribution < -0.4 is 11.1 Å². The van der Waals surface area contributed by atoms with Crippen molar-refractivity contribution in [2.75, 3.05) is 19.0 Å². The first-order valence-corrected chi connectivity index (χ1v) is 6.22. The summed E-state index contributed by atoms with van der Waals surface area (Å²) in [6.45, 7) is 0.0232. The molecule has 1 amide bonds. The molecule has 0 saturated heterocycles. The third kappa shape index (κ3) is 3.26. The van der Waals surface area contributed by atoms with Gasteiger partial charge >= 0.3 is 5.97 Å². The number of benzene rings is 1. The molecule has 0 aliphatic carbocycles. The van der Waals surface area contributed by atoms with E-state index in [2.05, 4.69) is 10.3 Å². The zero-order valence-corrected chi connectivity index (χ0v) is 11.4. The van der Waals surface area contributed by atoms with Crippen molar-refractivity contribution >= 4 is 28.6 Å². The van der Waals surface area contributed by atoms with Crippen LogP contribution in [0, 0.1) is 0 Å². The monoisotopic (exact) mass is 289 g/mol. The molecule has 1 heterocycles. The number of nitrogens with one attached hydrogen (secondary N) is 1. The Labute approximate surface area is 120 Å². The maximum absolute atomic E-state index is 11.5. The molecule has 110 valence electrons. The van der Waals surface area contributed by atoms with Crippen LogP contribution in [0.2, 0.25) is 0 Å². The number of aromatic nitrogens is 1. The lowest BCUT2D eigenvalue weighted by molar-refractivity contribution is -0.147. The quantitative estimate of drug-likeness (QED) is 0.726. The molecule has 2 aromatic rings. The molecule has 4 N–H and O–H groups in total. The van der Waals surface area contributed by atoms with Gasteiger partial charge in [0.15, 0.2) is 6.10 Å². The van der Waals surface area contributed by atoms with Crippen molar-refractivity contribution in [3.05, 3.63) is 35.9 Å². The van der Waals surface area contributed by atoms with Crippen molar-refractivity contribution in [1.82, 2.24) is 4.98 Å². The van der Waals surface area contributed by atoms with Gasteiger partial charge in [-0.1, -0.05) is 18.2 Å². The Morgan fingerprint density at radius 3 is 2.76 bits per heavy atom. The lowest BCUT2D eigenvalue weighted by Crippen LogP contribution is -2.30. The van der Waals surface area contributed by atoms with Crippen LogP contribution in [-0.4, -0.2) is 41.7 Å². The van der Waals surface area contributed by atoms with Gasteiger partial charge in [-0.05, 0) is 12.1 Å². The summed E-state index contributed by atoms with van der Waals surface area (Å²) in [4.78, 5) is 26.7. The number of ether oxygens (including phenoxy) is 1. The van der Waals surface area contributed by atoms with Gasteiger partial charge in [-0.25, -0.2) is 9.78 Å². The number of carbonyl (C=O) groups is 2. The van der Waals surface area contributed by atoms with E-state index in [0.29, 0.717) is 22.3 Å². The smallest absolute Gasteiger partial charge is 0.334 e. The normalized spacial score (nSPS) is 12.0. The molecule has 0 bridgehead atoms. The average Bonchev–Trinajstić information content (AvgIpc) is 2.46. The number of pyridine rings is 1. The lowest BCUT2D eigenvalue weighted by Gasteiger charge is -2.13. The first kappa shape index (κ1) is 14.7. The zero-order valence-electron chi connectivity index (χ0n) is 11.4. The van der Waals surface area contributed by atoms with Gasteiger partial charge < -0.3 is 20.9 Å². The fourth-order valence-electron chi connectivity index (χ4n) is 1.94. The minimum atomic E-state index is -1.08. The molecule has 7 nitrogen and oxygen atoms in total. The number of amides is 1.